The summed E-state index contributed by atoms with van der Waals surface area (Å²) >= 11 is 0. The fraction of sp³-hybridized carbons (Fsp3) is 0.364. The first-order valence-corrected chi connectivity index (χ1v) is 14.2. The van der Waals surface area contributed by atoms with E-state index in [1.54, 1.807) is 6.20 Å². The lowest BCUT2D eigenvalue weighted by atomic mass is 9.73. The summed E-state index contributed by atoms with van der Waals surface area (Å²) in [4.78, 5) is 38.6. The van der Waals surface area contributed by atoms with Crippen molar-refractivity contribution in [3.63, 3.8) is 0 Å². The Labute approximate surface area is 236 Å². The van der Waals surface area contributed by atoms with E-state index in [-0.39, 0.29) is 29.7 Å². The number of para-hydroxylation sites is 2. The molecule has 1 fully saturated rings. The number of hydrogen-bond donors (Lipinski definition) is 1. The molecule has 206 valence electrons. The summed E-state index contributed by atoms with van der Waals surface area (Å²) in [5.41, 5.74) is 5.68. The number of carbonyl (C=O) groups excluding carboxylic acids is 2. The van der Waals surface area contributed by atoms with Gasteiger partial charge in [-0.05, 0) is 48.6 Å². The van der Waals surface area contributed by atoms with Gasteiger partial charge in [-0.1, -0.05) is 61.9 Å². The van der Waals surface area contributed by atoms with Gasteiger partial charge in [0.25, 0.3) is 0 Å². The molecular formula is C33H37N5O2. The third kappa shape index (κ3) is 5.08. The molecular weight excluding hydrogens is 498 g/mol. The number of rotatable bonds is 4. The molecule has 2 aromatic carbocycles. The number of piperazine rings is 1. The first kappa shape index (κ1) is 26.1. The van der Waals surface area contributed by atoms with Crippen LogP contribution in [0.4, 0.5) is 17.2 Å². The largest absolute Gasteiger partial charge is 0.357 e. The topological polar surface area (TPSA) is 68.8 Å². The number of benzene rings is 2. The van der Waals surface area contributed by atoms with Crippen molar-refractivity contribution in [1.29, 1.82) is 0 Å². The van der Waals surface area contributed by atoms with Crippen molar-refractivity contribution in [2.24, 2.45) is 5.41 Å². The lowest BCUT2D eigenvalue weighted by molar-refractivity contribution is -0.130. The normalized spacial score (nSPS) is 20.4. The minimum Gasteiger partial charge on any atom is -0.357 e. The molecule has 7 nitrogen and oxygen atoms in total. The number of hydrogen-bond acceptors (Lipinski definition) is 6. The third-order valence-corrected chi connectivity index (χ3v) is 8.31. The van der Waals surface area contributed by atoms with Crippen LogP contribution in [0.5, 0.6) is 0 Å². The fourth-order valence-electron chi connectivity index (χ4n) is 6.29. The van der Waals surface area contributed by atoms with Crippen LogP contribution in [0.2, 0.25) is 0 Å². The highest BCUT2D eigenvalue weighted by atomic mass is 16.2. The van der Waals surface area contributed by atoms with Gasteiger partial charge in [0.1, 0.15) is 5.82 Å². The van der Waals surface area contributed by atoms with E-state index in [1.807, 2.05) is 41.3 Å². The molecule has 1 aliphatic carbocycles. The number of carbonyl (C=O) groups is 2. The van der Waals surface area contributed by atoms with Gasteiger partial charge in [0.2, 0.25) is 5.91 Å². The minimum atomic E-state index is -0.353. The van der Waals surface area contributed by atoms with Crippen molar-refractivity contribution < 1.29 is 9.59 Å². The molecule has 3 aliphatic rings. The molecule has 3 aromatic rings. The number of nitrogens with zero attached hydrogens (tertiary/aromatic N) is 4. The van der Waals surface area contributed by atoms with Gasteiger partial charge in [0, 0.05) is 50.1 Å². The Balaban J connectivity index is 1.35. The van der Waals surface area contributed by atoms with Gasteiger partial charge >= 0.3 is 0 Å². The van der Waals surface area contributed by atoms with Gasteiger partial charge in [0.15, 0.2) is 5.78 Å². The van der Waals surface area contributed by atoms with Gasteiger partial charge in [-0.3, -0.25) is 9.59 Å². The van der Waals surface area contributed by atoms with Crippen LogP contribution in [0.3, 0.4) is 0 Å². The average Bonchev–Trinajstić information content (AvgIpc) is 3.08. The Kier molecular flexibility index (Phi) is 6.82. The number of fused-ring (bicyclic) bond motifs is 1. The number of pyridine rings is 1. The number of aromatic nitrogens is 1. The van der Waals surface area contributed by atoms with E-state index in [1.165, 1.54) is 0 Å². The summed E-state index contributed by atoms with van der Waals surface area (Å²) < 4.78 is 0. The van der Waals surface area contributed by atoms with Crippen molar-refractivity contribution in [3.8, 4) is 0 Å². The number of ketones is 1. The highest BCUT2D eigenvalue weighted by Gasteiger charge is 2.42. The van der Waals surface area contributed by atoms with E-state index >= 15 is 0 Å². The third-order valence-electron chi connectivity index (χ3n) is 8.31. The molecule has 1 aromatic heterocycles. The number of allylic oxidation sites excluding steroid dienone is 1. The van der Waals surface area contributed by atoms with Crippen LogP contribution >= 0.6 is 0 Å². The van der Waals surface area contributed by atoms with Gasteiger partial charge < -0.3 is 20.0 Å². The van der Waals surface area contributed by atoms with Crippen LogP contribution < -0.4 is 15.1 Å². The molecule has 1 saturated heterocycles. The number of amides is 1. The van der Waals surface area contributed by atoms with Gasteiger partial charge in [-0.25, -0.2) is 4.98 Å². The van der Waals surface area contributed by atoms with E-state index in [9.17, 15) is 9.59 Å². The van der Waals surface area contributed by atoms with E-state index in [2.05, 4.69) is 71.2 Å². The predicted octanol–water partition coefficient (Wildman–Crippen LogP) is 5.36. The molecule has 1 N–H and O–H groups in total. The van der Waals surface area contributed by atoms with Crippen molar-refractivity contribution >= 4 is 28.9 Å². The Bertz CT molecular complexity index is 1440. The second kappa shape index (κ2) is 10.5. The molecule has 0 bridgehead atoms. The number of nitrogens with one attached hydrogen (secondary N) is 1. The quantitative estimate of drug-likeness (QED) is 0.486. The Morgan fingerprint density at radius 3 is 2.40 bits per heavy atom. The average molecular weight is 536 g/mol. The maximum absolute atomic E-state index is 13.9. The van der Waals surface area contributed by atoms with Crippen LogP contribution in [-0.2, 0) is 9.59 Å². The standard InChI is InChI=1S/C33H37N5O2/c1-23-11-13-24(14-12-23)32-31-26(20-33(2,3)21-28(31)39)35-25-8-4-5-9-27(25)38(32)22-30(40)37-18-16-36(17-19-37)29-10-6-7-15-34-29/h4-15,32,35H,16-22H2,1-3H3. The first-order chi connectivity index (χ1) is 19.3. The summed E-state index contributed by atoms with van der Waals surface area (Å²) in [6.45, 7) is 9.32. The molecule has 7 heteroatoms. The molecule has 1 amide bonds. The predicted molar refractivity (Wildman–Crippen MR) is 159 cm³/mol. The van der Waals surface area contributed by atoms with Gasteiger partial charge in [-0.2, -0.15) is 0 Å². The first-order valence-electron chi connectivity index (χ1n) is 14.2. The van der Waals surface area contributed by atoms with Crippen LogP contribution in [0.25, 0.3) is 0 Å². The number of anilines is 3. The maximum atomic E-state index is 13.9. The van der Waals surface area contributed by atoms with Crippen molar-refractivity contribution in [1.82, 2.24) is 9.88 Å². The Morgan fingerprint density at radius 1 is 0.950 bits per heavy atom. The molecule has 1 atom stereocenters. The fourth-order valence-corrected chi connectivity index (χ4v) is 6.29. The maximum Gasteiger partial charge on any atom is 0.242 e. The van der Waals surface area contributed by atoms with Crippen LogP contribution in [0.15, 0.2) is 84.2 Å². The molecule has 0 saturated carbocycles. The van der Waals surface area contributed by atoms with Crippen LogP contribution in [-0.4, -0.2) is 54.3 Å². The Hall–Kier alpha value is -4.13. The molecule has 40 heavy (non-hydrogen) atoms. The van der Waals surface area contributed by atoms with E-state index in [0.717, 1.165) is 59.1 Å². The second-order valence-electron chi connectivity index (χ2n) is 12.0. The number of aryl methyl sites for hydroxylation is 1. The van der Waals surface area contributed by atoms with Gasteiger partial charge in [-0.15, -0.1) is 0 Å². The van der Waals surface area contributed by atoms with Crippen molar-refractivity contribution in [2.45, 2.75) is 39.7 Å². The smallest absolute Gasteiger partial charge is 0.242 e. The number of Topliss-reactive ketones (excluding diaryl/α,β-unsaturated/α-hetero) is 1. The molecule has 6 rings (SSSR count). The van der Waals surface area contributed by atoms with E-state index in [0.29, 0.717) is 19.5 Å². The molecule has 0 radical (unpaired) electrons. The zero-order valence-electron chi connectivity index (χ0n) is 23.6. The van der Waals surface area contributed by atoms with E-state index in [4.69, 9.17) is 0 Å². The van der Waals surface area contributed by atoms with E-state index < -0.39 is 0 Å². The summed E-state index contributed by atoms with van der Waals surface area (Å²) in [6, 6.07) is 22.1. The van der Waals surface area contributed by atoms with Crippen LogP contribution in [0, 0.1) is 12.3 Å². The Morgan fingerprint density at radius 2 is 1.68 bits per heavy atom. The zero-order chi connectivity index (χ0) is 27.9. The zero-order valence-corrected chi connectivity index (χ0v) is 23.6. The summed E-state index contributed by atoms with van der Waals surface area (Å²) in [5.74, 6) is 1.17. The van der Waals surface area contributed by atoms with Crippen molar-refractivity contribution in [3.05, 3.63) is 95.3 Å². The summed E-state index contributed by atoms with van der Waals surface area (Å²) in [5, 5.41) is 3.64. The SMILES string of the molecule is Cc1ccc(C2C3=C(CC(C)(C)CC3=O)Nc3ccccc3N2CC(=O)N2CCN(c3ccccn3)CC2)cc1. The highest BCUT2D eigenvalue weighted by molar-refractivity contribution is 6.02. The molecule has 3 heterocycles. The lowest BCUT2D eigenvalue weighted by Crippen LogP contribution is -2.52. The van der Waals surface area contributed by atoms with Crippen molar-refractivity contribution in [2.75, 3.05) is 47.8 Å². The second-order valence-corrected chi connectivity index (χ2v) is 12.0. The van der Waals surface area contributed by atoms with Gasteiger partial charge in [0.05, 0.1) is 24.0 Å². The molecule has 1 unspecified atom stereocenters. The lowest BCUT2D eigenvalue weighted by Gasteiger charge is -2.40. The minimum absolute atomic E-state index is 0.0697. The van der Waals surface area contributed by atoms with Crippen LogP contribution in [0.1, 0.15) is 43.9 Å². The highest BCUT2D eigenvalue weighted by Crippen LogP contribution is 2.48. The summed E-state index contributed by atoms with van der Waals surface area (Å²) in [6.07, 6.45) is 3.07. The monoisotopic (exact) mass is 535 g/mol. The summed E-state index contributed by atoms with van der Waals surface area (Å²) in [7, 11) is 0. The molecule has 0 spiro atoms. The molecule has 2 aliphatic heterocycles.